The minimum absolute atomic E-state index is 0.195. The molecule has 3 aromatic rings. The number of nitrogens with zero attached hydrogens (tertiary/aromatic N) is 3. The molecule has 1 aromatic heterocycles. The van der Waals surface area contributed by atoms with E-state index in [2.05, 4.69) is 26.0 Å². The summed E-state index contributed by atoms with van der Waals surface area (Å²) in [5.74, 6) is -0.397. The van der Waals surface area contributed by atoms with Gasteiger partial charge in [0, 0.05) is 0 Å². The smallest absolute Gasteiger partial charge is 0.258 e. The highest BCUT2D eigenvalue weighted by Crippen LogP contribution is 2.35. The molecule has 2 N–H and O–H groups in total. The zero-order valence-electron chi connectivity index (χ0n) is 17.9. The lowest BCUT2D eigenvalue weighted by Crippen LogP contribution is -2.38. The summed E-state index contributed by atoms with van der Waals surface area (Å²) in [6, 6.07) is 20.2. The van der Waals surface area contributed by atoms with Gasteiger partial charge < -0.3 is 5.73 Å². The predicted octanol–water partition coefficient (Wildman–Crippen LogP) is 2.99. The molecule has 2 heterocycles. The van der Waals surface area contributed by atoms with E-state index in [0.717, 1.165) is 40.9 Å². The molecule has 0 bridgehead atoms. The molecule has 0 saturated carbocycles. The molecule has 1 atom stereocenters. The maximum atomic E-state index is 12.9. The van der Waals surface area contributed by atoms with E-state index < -0.39 is 5.92 Å². The van der Waals surface area contributed by atoms with Gasteiger partial charge >= 0.3 is 0 Å². The molecule has 0 fully saturated rings. The first-order chi connectivity index (χ1) is 15.5. The van der Waals surface area contributed by atoms with Gasteiger partial charge in [0.15, 0.2) is 0 Å². The second-order valence-electron chi connectivity index (χ2n) is 7.62. The second-order valence-corrected chi connectivity index (χ2v) is 8.58. The van der Waals surface area contributed by atoms with Gasteiger partial charge in [0.25, 0.3) is 4.74 Å². The molecule has 1 aliphatic heterocycles. The van der Waals surface area contributed by atoms with Gasteiger partial charge in [0.1, 0.15) is 15.8 Å². The van der Waals surface area contributed by atoms with E-state index in [1.165, 1.54) is 5.56 Å². The fourth-order valence-corrected chi connectivity index (χ4v) is 4.97. The number of benzene rings is 2. The molecule has 0 spiro atoms. The number of hydrogen-bond donors (Lipinski definition) is 1. The number of nitriles is 2. The van der Waals surface area contributed by atoms with Crippen LogP contribution in [0.25, 0.3) is 17.5 Å². The third-order valence-corrected chi connectivity index (χ3v) is 6.81. The van der Waals surface area contributed by atoms with Gasteiger partial charge in [0.2, 0.25) is 0 Å². The summed E-state index contributed by atoms with van der Waals surface area (Å²) in [6.45, 7) is 4.15. The van der Waals surface area contributed by atoms with Crippen molar-refractivity contribution in [3.63, 3.8) is 0 Å². The van der Waals surface area contributed by atoms with E-state index >= 15 is 0 Å². The highest BCUT2D eigenvalue weighted by molar-refractivity contribution is 7.07. The molecule has 0 amide bonds. The summed E-state index contributed by atoms with van der Waals surface area (Å²) in [5, 5.41) is 20.4. The Hall–Kier alpha value is -3.87. The van der Waals surface area contributed by atoms with Crippen LogP contribution in [0.15, 0.2) is 58.9 Å². The predicted molar refractivity (Wildman–Crippen MR) is 128 cm³/mol. The van der Waals surface area contributed by atoms with Crippen molar-refractivity contribution in [2.24, 2.45) is 5.73 Å². The van der Waals surface area contributed by atoms with E-state index in [1.54, 1.807) is 10.6 Å². The molecule has 4 rings (SSSR count). The van der Waals surface area contributed by atoms with Crippen molar-refractivity contribution in [2.75, 3.05) is 0 Å². The molecular formula is C26H22N4OS. The van der Waals surface area contributed by atoms with Gasteiger partial charge in [-0.15, -0.1) is 0 Å². The van der Waals surface area contributed by atoms with Gasteiger partial charge in [-0.25, -0.2) is 0 Å². The third kappa shape index (κ3) is 3.56. The van der Waals surface area contributed by atoms with Crippen molar-refractivity contribution in [1.29, 1.82) is 10.5 Å². The lowest BCUT2D eigenvalue weighted by atomic mass is 9.84. The van der Waals surface area contributed by atoms with Crippen molar-refractivity contribution in [1.82, 2.24) is 4.57 Å². The number of thiazole rings is 1. The number of aryl methyl sites for hydroxylation is 2. The van der Waals surface area contributed by atoms with E-state index in [4.69, 9.17) is 5.73 Å². The van der Waals surface area contributed by atoms with Crippen LogP contribution in [0.1, 0.15) is 42.0 Å². The Morgan fingerprint density at radius 2 is 1.53 bits per heavy atom. The zero-order chi connectivity index (χ0) is 22.8. The largest absolute Gasteiger partial charge is 0.384 e. The maximum absolute atomic E-state index is 12.9. The molecule has 158 valence electrons. The molecule has 0 saturated heterocycles. The minimum Gasteiger partial charge on any atom is -0.384 e. The highest BCUT2D eigenvalue weighted by Gasteiger charge is 2.31. The van der Waals surface area contributed by atoms with Crippen molar-refractivity contribution in [3.8, 4) is 12.1 Å². The van der Waals surface area contributed by atoms with Crippen LogP contribution in [-0.2, 0) is 12.8 Å². The fraction of sp³-hybridized carbons (Fsp3) is 0.192. The Bertz CT molecular complexity index is 1470. The molecule has 0 aliphatic carbocycles. The fourth-order valence-electron chi connectivity index (χ4n) is 3.98. The van der Waals surface area contributed by atoms with Crippen LogP contribution in [0.5, 0.6) is 0 Å². The Morgan fingerprint density at radius 1 is 0.969 bits per heavy atom. The Kier molecular flexibility index (Phi) is 5.81. The maximum Gasteiger partial charge on any atom is 0.258 e. The van der Waals surface area contributed by atoms with Gasteiger partial charge in [-0.3, -0.25) is 9.36 Å². The third-order valence-electron chi connectivity index (χ3n) is 5.82. The van der Waals surface area contributed by atoms with E-state index in [9.17, 15) is 15.3 Å². The molecule has 0 radical (unpaired) electrons. The standard InChI is InChI=1S/C26H22N4OS/c1-3-16-5-7-18(8-6-16)13-22-26(31)32-25-21(15-28)23(20(14-27)24(29)30(22)25)19-11-9-17(4-2)10-12-19/h5-13,23H,3-4,29H2,1-2H3. The van der Waals surface area contributed by atoms with Gasteiger partial charge in [-0.1, -0.05) is 73.7 Å². The van der Waals surface area contributed by atoms with Crippen molar-refractivity contribution in [2.45, 2.75) is 32.6 Å². The first-order valence-electron chi connectivity index (χ1n) is 10.5. The molecule has 1 aliphatic rings. The summed E-state index contributed by atoms with van der Waals surface area (Å²) >= 11 is 0.992. The van der Waals surface area contributed by atoms with Crippen molar-refractivity contribution < 1.29 is 0 Å². The number of fused-ring (bicyclic) bond motifs is 1. The molecular weight excluding hydrogens is 416 g/mol. The number of hydrogen-bond acceptors (Lipinski definition) is 5. The molecule has 6 heteroatoms. The first kappa shape index (κ1) is 21.4. The highest BCUT2D eigenvalue weighted by atomic mass is 32.1. The number of nitrogens with two attached hydrogens (primary N) is 1. The Labute approximate surface area is 190 Å². The van der Waals surface area contributed by atoms with E-state index in [-0.39, 0.29) is 16.1 Å². The van der Waals surface area contributed by atoms with Crippen LogP contribution in [0.3, 0.4) is 0 Å². The van der Waals surface area contributed by atoms with Crippen LogP contribution in [0.4, 0.5) is 0 Å². The summed E-state index contributed by atoms with van der Waals surface area (Å²) in [4.78, 5) is 12.9. The Balaban J connectivity index is 2.00. The van der Waals surface area contributed by atoms with Crippen LogP contribution in [0.2, 0.25) is 0 Å². The number of rotatable bonds is 4. The first-order valence-corrected chi connectivity index (χ1v) is 11.3. The summed E-state index contributed by atoms with van der Waals surface area (Å²) in [7, 11) is 0. The van der Waals surface area contributed by atoms with Gasteiger partial charge in [-0.2, -0.15) is 10.5 Å². The second kappa shape index (κ2) is 8.70. The number of allylic oxidation sites excluding steroid dienone is 1. The van der Waals surface area contributed by atoms with Crippen LogP contribution < -0.4 is 20.5 Å². The summed E-state index contributed by atoms with van der Waals surface area (Å²) in [5.41, 5.74) is 11.1. The number of aromatic nitrogens is 1. The molecule has 32 heavy (non-hydrogen) atoms. The van der Waals surface area contributed by atoms with Crippen molar-refractivity contribution in [3.05, 3.63) is 95.9 Å². The lowest BCUT2D eigenvalue weighted by Gasteiger charge is -2.23. The monoisotopic (exact) mass is 438 g/mol. The topological polar surface area (TPSA) is 95.6 Å². The van der Waals surface area contributed by atoms with Crippen molar-refractivity contribution >= 4 is 28.8 Å². The summed E-state index contributed by atoms with van der Waals surface area (Å²) < 4.78 is 1.85. The summed E-state index contributed by atoms with van der Waals surface area (Å²) in [6.07, 6.45) is 3.58. The molecule has 1 unspecified atom stereocenters. The van der Waals surface area contributed by atoms with Crippen LogP contribution in [-0.4, -0.2) is 4.57 Å². The van der Waals surface area contributed by atoms with Crippen LogP contribution in [0, 0.1) is 22.7 Å². The van der Waals surface area contributed by atoms with Gasteiger partial charge in [-0.05, 0) is 41.2 Å². The minimum atomic E-state index is -0.592. The van der Waals surface area contributed by atoms with E-state index in [1.807, 2.05) is 48.5 Å². The molecule has 5 nitrogen and oxygen atoms in total. The lowest BCUT2D eigenvalue weighted by molar-refractivity contribution is 0.908. The van der Waals surface area contributed by atoms with E-state index in [0.29, 0.717) is 15.6 Å². The van der Waals surface area contributed by atoms with Gasteiger partial charge in [0.05, 0.1) is 29.2 Å². The normalized spacial score (nSPS) is 15.9. The zero-order valence-corrected chi connectivity index (χ0v) is 18.7. The SMILES string of the molecule is CCc1ccc(C=c2c(=O)sc3n2C(N)=C(C#N)C(c2ccc(CC)cc2)C=3C#N)cc1. The quantitative estimate of drug-likeness (QED) is 0.677. The Morgan fingerprint density at radius 3 is 2.06 bits per heavy atom. The average molecular weight is 439 g/mol. The van der Waals surface area contributed by atoms with Crippen LogP contribution >= 0.6 is 11.3 Å². The average Bonchev–Trinajstić information content (AvgIpc) is 3.15. The molecule has 2 aromatic carbocycles.